The maximum absolute atomic E-state index is 14.3. The maximum atomic E-state index is 14.3. The number of ether oxygens (including phenoxy) is 7. The van der Waals surface area contributed by atoms with E-state index in [9.17, 15) is 19.8 Å². The van der Waals surface area contributed by atoms with Gasteiger partial charge in [-0.2, -0.15) is 0 Å². The summed E-state index contributed by atoms with van der Waals surface area (Å²) in [4.78, 5) is 27.5. The van der Waals surface area contributed by atoms with E-state index in [1.807, 2.05) is 32.9 Å². The van der Waals surface area contributed by atoms with E-state index in [1.54, 1.807) is 20.1 Å². The summed E-state index contributed by atoms with van der Waals surface area (Å²) in [6.45, 7) is 20.6. The number of hydrogen-bond acceptors (Lipinski definition) is 11. The minimum absolute atomic E-state index is 0.00897. The Balaban J connectivity index is 1.33. The Kier molecular flexibility index (Phi) is 14.5. The molecule has 11 nitrogen and oxygen atoms in total. The molecule has 2 N–H and O–H groups in total. The lowest BCUT2D eigenvalue weighted by Crippen LogP contribution is -2.58. The predicted octanol–water partition coefficient (Wildman–Crippen LogP) is 7.72. The molecule has 0 amide bonds. The average molecular weight is 827 g/mol. The van der Waals surface area contributed by atoms with Gasteiger partial charge in [0, 0.05) is 38.7 Å². The molecule has 11 heteroatoms. The first-order chi connectivity index (χ1) is 27.9. The SMILES string of the molecule is CCC(C)[C@H]1O[C@]2(CC[C@@H]1C)C[C@@H]1C[C@@H](C/C=C(\C)[C@@H](O[C@@H]3C[C@@H](C)[C@H](OC(=O)C(C)(C)CC)[C@@H](OC)C3)[C@@H](C)/C=C/C=C3\CO[C@@H]4[C@H](O)C(C)=C[C@@H](C(=O)O1)[C@]34O)O2. The summed E-state index contributed by atoms with van der Waals surface area (Å²) >= 11 is 0. The van der Waals surface area contributed by atoms with Gasteiger partial charge < -0.3 is 43.4 Å². The topological polar surface area (TPSA) is 139 Å². The molecule has 6 rings (SSSR count). The van der Waals surface area contributed by atoms with Crippen LogP contribution in [0.4, 0.5) is 0 Å². The number of carbonyl (C=O) groups excluding carboxylic acids is 2. The fourth-order valence-corrected chi connectivity index (χ4v) is 10.3. The number of carbonyl (C=O) groups is 2. The van der Waals surface area contributed by atoms with Crippen LogP contribution in [0.5, 0.6) is 0 Å². The van der Waals surface area contributed by atoms with Gasteiger partial charge >= 0.3 is 11.9 Å². The Morgan fingerprint density at radius 3 is 2.49 bits per heavy atom. The van der Waals surface area contributed by atoms with Crippen LogP contribution < -0.4 is 0 Å². The van der Waals surface area contributed by atoms with Gasteiger partial charge in [-0.3, -0.25) is 9.59 Å². The third kappa shape index (κ3) is 9.52. The molecule has 4 aliphatic heterocycles. The van der Waals surface area contributed by atoms with Crippen molar-refractivity contribution < 1.29 is 53.0 Å². The van der Waals surface area contributed by atoms with Crippen LogP contribution in [0, 0.1) is 35.0 Å². The van der Waals surface area contributed by atoms with Crippen LogP contribution in [0.3, 0.4) is 0 Å². The maximum Gasteiger partial charge on any atom is 0.316 e. The molecule has 332 valence electrons. The zero-order valence-corrected chi connectivity index (χ0v) is 37.6. The van der Waals surface area contributed by atoms with Gasteiger partial charge in [-0.1, -0.05) is 78.3 Å². The highest BCUT2D eigenvalue weighted by Crippen LogP contribution is 2.48. The highest BCUT2D eigenvalue weighted by Gasteiger charge is 2.60. The summed E-state index contributed by atoms with van der Waals surface area (Å²) in [7, 11) is 1.67. The summed E-state index contributed by atoms with van der Waals surface area (Å²) < 4.78 is 45.6. The summed E-state index contributed by atoms with van der Waals surface area (Å²) in [5.74, 6) is -2.14. The van der Waals surface area contributed by atoms with Crippen molar-refractivity contribution in [1.82, 2.24) is 0 Å². The van der Waals surface area contributed by atoms with Crippen molar-refractivity contribution in [2.24, 2.45) is 35.0 Å². The van der Waals surface area contributed by atoms with E-state index < -0.39 is 47.0 Å². The van der Waals surface area contributed by atoms with Gasteiger partial charge in [-0.25, -0.2) is 0 Å². The second-order valence-electron chi connectivity index (χ2n) is 19.7. The number of allylic oxidation sites excluding steroid dienone is 2. The molecule has 2 bridgehead atoms. The van der Waals surface area contributed by atoms with Crippen LogP contribution in [0.2, 0.25) is 0 Å². The largest absolute Gasteiger partial charge is 0.462 e. The standard InChI is InChI=1S/C48H74O11/c1-12-27(3)41-30(6)19-20-47(59-41)25-36-23-34(58-47)18-17-29(5)40(55-35-21-32(8)42(38(24-35)53-11)57-45(51)46(9,10)13-2)28(4)15-14-16-33-26-54-43-39(49)31(7)22-37(44(50)56-36)48(33,43)52/h14-17,22,27-28,30,32,34-43,49,52H,12-13,18-21,23-26H2,1-11H3/b15-14+,29-17+,33-16+/t27?,28-,30-,32+,34+,35+,36-,37-,38-,39+,40-,41+,42-,43+,47+,48+/m0/s1. The van der Waals surface area contributed by atoms with Gasteiger partial charge in [0.2, 0.25) is 0 Å². The minimum Gasteiger partial charge on any atom is -0.462 e. The molecule has 0 radical (unpaired) electrons. The second kappa shape index (κ2) is 18.5. The summed E-state index contributed by atoms with van der Waals surface area (Å²) in [6.07, 6.45) is 11.5. The summed E-state index contributed by atoms with van der Waals surface area (Å²) in [5.41, 5.74) is -0.263. The van der Waals surface area contributed by atoms with Gasteiger partial charge in [0.1, 0.15) is 35.9 Å². The van der Waals surface area contributed by atoms with E-state index >= 15 is 0 Å². The first-order valence-corrected chi connectivity index (χ1v) is 22.6. The minimum atomic E-state index is -1.80. The zero-order valence-electron chi connectivity index (χ0n) is 37.6. The van der Waals surface area contributed by atoms with E-state index in [0.717, 1.165) is 18.4 Å². The Hall–Kier alpha value is -2.38. The first-order valence-electron chi connectivity index (χ1n) is 22.6. The van der Waals surface area contributed by atoms with Crippen LogP contribution >= 0.6 is 0 Å². The number of hydrogen-bond donors (Lipinski definition) is 2. The summed E-state index contributed by atoms with van der Waals surface area (Å²) in [6, 6.07) is 0. The quantitative estimate of drug-likeness (QED) is 0.184. The molecule has 16 atom stereocenters. The molecule has 1 spiro atoms. The van der Waals surface area contributed by atoms with Crippen molar-refractivity contribution in [2.45, 2.75) is 193 Å². The molecule has 0 aromatic carbocycles. The Morgan fingerprint density at radius 2 is 1.80 bits per heavy atom. The van der Waals surface area contributed by atoms with Crippen LogP contribution in [0.25, 0.3) is 0 Å². The Morgan fingerprint density at radius 1 is 1.05 bits per heavy atom. The molecule has 1 unspecified atom stereocenters. The number of rotatable bonds is 8. The number of fused-ring (bicyclic) bond motifs is 2. The molecule has 1 saturated carbocycles. The lowest BCUT2D eigenvalue weighted by Gasteiger charge is -2.51. The van der Waals surface area contributed by atoms with E-state index in [-0.39, 0.29) is 61.0 Å². The fourth-order valence-electron chi connectivity index (χ4n) is 10.3. The first kappa shape index (κ1) is 46.1. The van der Waals surface area contributed by atoms with E-state index in [4.69, 9.17) is 33.2 Å². The van der Waals surface area contributed by atoms with Gasteiger partial charge in [0.15, 0.2) is 5.79 Å². The summed E-state index contributed by atoms with van der Waals surface area (Å²) in [5, 5.41) is 23.7. The van der Waals surface area contributed by atoms with E-state index in [0.29, 0.717) is 67.9 Å². The van der Waals surface area contributed by atoms with Crippen molar-refractivity contribution in [1.29, 1.82) is 0 Å². The zero-order chi connectivity index (χ0) is 43.0. The monoisotopic (exact) mass is 827 g/mol. The van der Waals surface area contributed by atoms with Crippen LogP contribution in [-0.2, 0) is 42.7 Å². The number of aliphatic hydroxyl groups excluding tert-OH is 1. The molecular formula is C48H74O11. The van der Waals surface area contributed by atoms with E-state index in [2.05, 4.69) is 53.7 Å². The normalized spacial score (nSPS) is 44.9. The molecular weight excluding hydrogens is 753 g/mol. The molecule has 4 heterocycles. The lowest BCUT2D eigenvalue weighted by atomic mass is 9.71. The number of methoxy groups -OCH3 is 1. The highest BCUT2D eigenvalue weighted by molar-refractivity contribution is 5.78. The predicted molar refractivity (Wildman–Crippen MR) is 224 cm³/mol. The van der Waals surface area contributed by atoms with Crippen molar-refractivity contribution >= 4 is 11.9 Å². The third-order valence-corrected chi connectivity index (χ3v) is 14.8. The van der Waals surface area contributed by atoms with Crippen molar-refractivity contribution in [3.8, 4) is 0 Å². The Labute approximate surface area is 353 Å². The van der Waals surface area contributed by atoms with Gasteiger partial charge in [0.25, 0.3) is 0 Å². The molecule has 4 fully saturated rings. The average Bonchev–Trinajstić information content (AvgIpc) is 3.54. The van der Waals surface area contributed by atoms with Crippen molar-refractivity contribution in [2.75, 3.05) is 13.7 Å². The van der Waals surface area contributed by atoms with Crippen molar-refractivity contribution in [3.63, 3.8) is 0 Å². The van der Waals surface area contributed by atoms with Crippen LogP contribution in [0.15, 0.2) is 47.1 Å². The van der Waals surface area contributed by atoms with Gasteiger partial charge in [-0.15, -0.1) is 0 Å². The second-order valence-corrected chi connectivity index (χ2v) is 19.7. The van der Waals surface area contributed by atoms with Crippen LogP contribution in [-0.4, -0.2) is 102 Å². The Bertz CT molecular complexity index is 1630. The molecule has 3 saturated heterocycles. The molecule has 2 aliphatic carbocycles. The molecule has 0 aromatic heterocycles. The van der Waals surface area contributed by atoms with E-state index in [1.165, 1.54) is 0 Å². The number of aliphatic hydroxyl groups is 2. The lowest BCUT2D eigenvalue weighted by molar-refractivity contribution is -0.340. The molecule has 6 aliphatic rings. The number of esters is 2. The van der Waals surface area contributed by atoms with Gasteiger partial charge in [-0.05, 0) is 87.9 Å². The fraction of sp³-hybridized carbons (Fsp3) is 0.792. The smallest absolute Gasteiger partial charge is 0.316 e. The molecule has 0 aromatic rings. The third-order valence-electron chi connectivity index (χ3n) is 14.8. The highest BCUT2D eigenvalue weighted by atomic mass is 16.7. The van der Waals surface area contributed by atoms with Crippen molar-refractivity contribution in [3.05, 3.63) is 47.1 Å². The molecule has 59 heavy (non-hydrogen) atoms. The van der Waals surface area contributed by atoms with Gasteiger partial charge in [0.05, 0.1) is 42.5 Å². The van der Waals surface area contributed by atoms with Crippen LogP contribution in [0.1, 0.15) is 127 Å².